The van der Waals surface area contributed by atoms with E-state index in [0.29, 0.717) is 6.26 Å². The zero-order valence-corrected chi connectivity index (χ0v) is 8.76. The highest BCUT2D eigenvalue weighted by molar-refractivity contribution is 7.84. The second kappa shape index (κ2) is 5.47. The Bertz CT molecular complexity index is 184. The van der Waals surface area contributed by atoms with Gasteiger partial charge in [0, 0.05) is 6.26 Å². The maximum atomic E-state index is 9.08. The van der Waals surface area contributed by atoms with Crippen molar-refractivity contribution >= 4 is 10.1 Å². The second-order valence-electron chi connectivity index (χ2n) is 3.44. The lowest BCUT2D eigenvalue weighted by Crippen LogP contribution is -2.36. The summed E-state index contributed by atoms with van der Waals surface area (Å²) < 4.78 is 28.1. The Labute approximate surface area is 74.0 Å². The van der Waals surface area contributed by atoms with Crippen LogP contribution in [0.4, 0.5) is 0 Å². The van der Waals surface area contributed by atoms with E-state index < -0.39 is 10.1 Å². The Morgan fingerprint density at radius 3 is 1.58 bits per heavy atom. The Morgan fingerprint density at radius 2 is 1.58 bits per heavy atom. The highest BCUT2D eigenvalue weighted by atomic mass is 32.2. The van der Waals surface area contributed by atoms with Gasteiger partial charge in [-0.05, 0) is 0 Å². The van der Waals surface area contributed by atoms with Gasteiger partial charge in [-0.2, -0.15) is 0 Å². The molecule has 0 aliphatic rings. The van der Waals surface area contributed by atoms with Crippen molar-refractivity contribution < 1.29 is 22.6 Å². The molecule has 1 N–H and O–H groups in total. The van der Waals surface area contributed by atoms with Crippen LogP contribution < -0.4 is 0 Å². The molecule has 0 unspecified atom stereocenters. The molecular formula is C6H17NO4S. The van der Waals surface area contributed by atoms with E-state index in [1.807, 2.05) is 0 Å². The standard InChI is InChI=1S/C5H14NO.CH4O3S/c1-6(2,3)4-5-7;1-5(2,3)4/h7H,4-5H2,1-3H3;1H3,(H,2,3,4)/q+1;/p-1. The molecule has 76 valence electrons. The van der Waals surface area contributed by atoms with Crippen LogP contribution >= 0.6 is 0 Å². The third-order valence-electron chi connectivity index (χ3n) is 0.771. The molecule has 5 nitrogen and oxygen atoms in total. The van der Waals surface area contributed by atoms with Gasteiger partial charge in [-0.3, -0.25) is 0 Å². The summed E-state index contributed by atoms with van der Waals surface area (Å²) in [7, 11) is 2.24. The lowest BCUT2D eigenvalue weighted by Gasteiger charge is -2.21. The zero-order valence-electron chi connectivity index (χ0n) is 7.94. The lowest BCUT2D eigenvalue weighted by atomic mass is 10.5. The molecule has 0 rings (SSSR count). The first-order valence-corrected chi connectivity index (χ1v) is 5.20. The van der Waals surface area contributed by atoms with Crippen molar-refractivity contribution in [1.82, 2.24) is 0 Å². The molecule has 0 spiro atoms. The molecule has 0 aromatic carbocycles. The van der Waals surface area contributed by atoms with Gasteiger partial charge in [-0.15, -0.1) is 0 Å². The van der Waals surface area contributed by atoms with Crippen LogP contribution in [-0.2, 0) is 10.1 Å². The van der Waals surface area contributed by atoms with E-state index in [0.717, 1.165) is 11.0 Å². The van der Waals surface area contributed by atoms with Gasteiger partial charge < -0.3 is 14.1 Å². The van der Waals surface area contributed by atoms with Gasteiger partial charge in [0.2, 0.25) is 0 Å². The van der Waals surface area contributed by atoms with Crippen LogP contribution in [0.25, 0.3) is 0 Å². The normalized spacial score (nSPS) is 11.8. The molecule has 6 heteroatoms. The fourth-order valence-corrected chi connectivity index (χ4v) is 0.300. The first-order chi connectivity index (χ1) is 5.06. The molecule has 0 bridgehead atoms. The topological polar surface area (TPSA) is 77.4 Å². The molecule has 12 heavy (non-hydrogen) atoms. The molecule has 0 atom stereocenters. The van der Waals surface area contributed by atoms with E-state index in [-0.39, 0.29) is 6.61 Å². The summed E-state index contributed by atoms with van der Waals surface area (Å²) >= 11 is 0. The summed E-state index contributed by atoms with van der Waals surface area (Å²) in [6.07, 6.45) is 0.604. The van der Waals surface area contributed by atoms with Crippen LogP contribution in [0.1, 0.15) is 0 Å². The summed E-state index contributed by atoms with van der Waals surface area (Å²) in [5.74, 6) is 0. The molecule has 0 saturated carbocycles. The number of aliphatic hydroxyl groups is 1. The average molecular weight is 199 g/mol. The summed E-state index contributed by atoms with van der Waals surface area (Å²) in [4.78, 5) is 0. The van der Waals surface area contributed by atoms with Gasteiger partial charge in [-0.1, -0.05) is 0 Å². The Kier molecular flexibility index (Phi) is 6.55. The number of likely N-dealkylation sites (N-methyl/N-ethyl adjacent to an activating group) is 1. The first-order valence-electron chi connectivity index (χ1n) is 3.38. The van der Waals surface area contributed by atoms with Crippen LogP contribution in [0.5, 0.6) is 0 Å². The first kappa shape index (κ1) is 14.4. The summed E-state index contributed by atoms with van der Waals surface area (Å²) in [5, 5.41) is 8.39. The lowest BCUT2D eigenvalue weighted by molar-refractivity contribution is -0.870. The molecule has 0 aromatic rings. The summed E-state index contributed by atoms with van der Waals surface area (Å²) in [6.45, 7) is 1.11. The fourth-order valence-electron chi connectivity index (χ4n) is 0.300. The van der Waals surface area contributed by atoms with Crippen molar-refractivity contribution in [3.8, 4) is 0 Å². The van der Waals surface area contributed by atoms with Gasteiger partial charge in [0.15, 0.2) is 0 Å². The molecule has 0 saturated heterocycles. The van der Waals surface area contributed by atoms with Crippen molar-refractivity contribution in [2.24, 2.45) is 0 Å². The predicted molar refractivity (Wildman–Crippen MR) is 45.6 cm³/mol. The number of hydrogen-bond acceptors (Lipinski definition) is 4. The number of hydrogen-bond donors (Lipinski definition) is 1. The quantitative estimate of drug-likeness (QED) is 0.450. The number of quaternary nitrogens is 1. The Morgan fingerprint density at radius 1 is 1.33 bits per heavy atom. The molecule has 0 fully saturated rings. The fraction of sp³-hybridized carbons (Fsp3) is 1.00. The maximum absolute atomic E-state index is 9.08. The summed E-state index contributed by atoms with van der Waals surface area (Å²) in [5.41, 5.74) is 0. The number of aliphatic hydroxyl groups excluding tert-OH is 1. The molecule has 0 aliphatic heterocycles. The van der Waals surface area contributed by atoms with E-state index in [1.54, 1.807) is 0 Å². The molecule has 0 aliphatic carbocycles. The molecule has 0 radical (unpaired) electrons. The van der Waals surface area contributed by atoms with E-state index in [9.17, 15) is 0 Å². The molecule has 0 amide bonds. The minimum absolute atomic E-state index is 0.281. The molecule has 0 heterocycles. The smallest absolute Gasteiger partial charge is 0.101 e. The van der Waals surface area contributed by atoms with Crippen molar-refractivity contribution in [3.63, 3.8) is 0 Å². The maximum Gasteiger partial charge on any atom is 0.101 e. The third-order valence-corrected chi connectivity index (χ3v) is 0.771. The third kappa shape index (κ3) is 52.2. The van der Waals surface area contributed by atoms with Crippen molar-refractivity contribution in [2.75, 3.05) is 40.6 Å². The monoisotopic (exact) mass is 199 g/mol. The van der Waals surface area contributed by atoms with E-state index in [4.69, 9.17) is 18.1 Å². The predicted octanol–water partition coefficient (Wildman–Crippen LogP) is -1.15. The Hall–Kier alpha value is -0.170. The van der Waals surface area contributed by atoms with Crippen LogP contribution in [0.15, 0.2) is 0 Å². The van der Waals surface area contributed by atoms with E-state index in [2.05, 4.69) is 21.1 Å². The minimum Gasteiger partial charge on any atom is -0.748 e. The average Bonchev–Trinajstić information content (AvgIpc) is 1.54. The van der Waals surface area contributed by atoms with Crippen molar-refractivity contribution in [2.45, 2.75) is 0 Å². The van der Waals surface area contributed by atoms with Gasteiger partial charge in [0.25, 0.3) is 0 Å². The molecule has 0 aromatic heterocycles. The summed E-state index contributed by atoms with van der Waals surface area (Å²) in [6, 6.07) is 0. The van der Waals surface area contributed by atoms with Crippen LogP contribution in [0.3, 0.4) is 0 Å². The highest BCUT2D eigenvalue weighted by Gasteiger charge is 2.02. The second-order valence-corrected chi connectivity index (χ2v) is 4.85. The van der Waals surface area contributed by atoms with Gasteiger partial charge in [0.05, 0.1) is 37.9 Å². The SMILES string of the molecule is CS(=O)(=O)[O-].C[N+](C)(C)CCO. The number of rotatable bonds is 2. The van der Waals surface area contributed by atoms with Crippen molar-refractivity contribution in [3.05, 3.63) is 0 Å². The van der Waals surface area contributed by atoms with Gasteiger partial charge in [-0.25, -0.2) is 8.42 Å². The van der Waals surface area contributed by atoms with Crippen molar-refractivity contribution in [1.29, 1.82) is 0 Å². The van der Waals surface area contributed by atoms with Gasteiger partial charge >= 0.3 is 0 Å². The number of nitrogens with zero attached hydrogens (tertiary/aromatic N) is 1. The van der Waals surface area contributed by atoms with Gasteiger partial charge in [0.1, 0.15) is 6.54 Å². The van der Waals surface area contributed by atoms with E-state index >= 15 is 0 Å². The Balaban J connectivity index is 0. The van der Waals surface area contributed by atoms with Crippen LogP contribution in [0, 0.1) is 0 Å². The van der Waals surface area contributed by atoms with Crippen LogP contribution in [0.2, 0.25) is 0 Å². The zero-order chi connectivity index (χ0) is 10.4. The minimum atomic E-state index is -3.92. The highest BCUT2D eigenvalue weighted by Crippen LogP contribution is 1.84. The van der Waals surface area contributed by atoms with Crippen LogP contribution in [-0.4, -0.2) is 63.1 Å². The van der Waals surface area contributed by atoms with E-state index in [1.165, 1.54) is 0 Å². The largest absolute Gasteiger partial charge is 0.748 e. The molecular weight excluding hydrogens is 182 g/mol.